The van der Waals surface area contributed by atoms with E-state index in [1.54, 1.807) is 0 Å². The maximum atomic E-state index is 6.10. The molecular weight excluding hydrogens is 256 g/mol. The van der Waals surface area contributed by atoms with E-state index in [-0.39, 0.29) is 6.10 Å². The van der Waals surface area contributed by atoms with E-state index in [1.165, 1.54) is 11.1 Å². The molecule has 2 aromatic carbocycles. The first kappa shape index (κ1) is 14.0. The van der Waals surface area contributed by atoms with E-state index in [1.807, 2.05) is 30.3 Å². The summed E-state index contributed by atoms with van der Waals surface area (Å²) in [4.78, 5) is 0. The summed E-state index contributed by atoms with van der Waals surface area (Å²) in [6.45, 7) is 2.15. The fourth-order valence-electron chi connectivity index (χ4n) is 2.06. The van der Waals surface area contributed by atoms with Gasteiger partial charge in [-0.25, -0.2) is 0 Å². The van der Waals surface area contributed by atoms with Crippen LogP contribution in [-0.2, 0) is 6.42 Å². The monoisotopic (exact) mass is 274 g/mol. The molecule has 0 aliphatic rings. The van der Waals surface area contributed by atoms with Crippen LogP contribution < -0.4 is 4.74 Å². The normalized spacial score (nSPS) is 12.1. The summed E-state index contributed by atoms with van der Waals surface area (Å²) in [6.07, 6.45) is 1.84. The molecule has 2 aromatic rings. The first-order chi connectivity index (χ1) is 9.33. The average Bonchev–Trinajstić information content (AvgIpc) is 2.48. The Morgan fingerprint density at radius 1 is 1.05 bits per heavy atom. The quantitative estimate of drug-likeness (QED) is 0.674. The SMILES string of the molecule is CCc1cccc(OC(CCCl)c2ccccc2)c1. The van der Waals surface area contributed by atoms with Crippen molar-refractivity contribution in [3.8, 4) is 5.75 Å². The molecular formula is C17H19ClO. The number of aryl methyl sites for hydroxylation is 1. The Balaban J connectivity index is 2.16. The van der Waals surface area contributed by atoms with Crippen molar-refractivity contribution in [3.63, 3.8) is 0 Å². The number of hydrogen-bond donors (Lipinski definition) is 0. The molecule has 0 bridgehead atoms. The molecule has 1 atom stereocenters. The van der Waals surface area contributed by atoms with Gasteiger partial charge in [0.05, 0.1) is 0 Å². The van der Waals surface area contributed by atoms with Crippen molar-refractivity contribution >= 4 is 11.6 Å². The van der Waals surface area contributed by atoms with Crippen LogP contribution in [0, 0.1) is 0 Å². The Bertz CT molecular complexity index is 496. The number of rotatable bonds is 6. The van der Waals surface area contributed by atoms with Gasteiger partial charge in [0.1, 0.15) is 11.9 Å². The molecule has 1 unspecified atom stereocenters. The van der Waals surface area contributed by atoms with Gasteiger partial charge in [-0.3, -0.25) is 0 Å². The lowest BCUT2D eigenvalue weighted by Gasteiger charge is -2.19. The molecule has 0 aromatic heterocycles. The van der Waals surface area contributed by atoms with Crippen molar-refractivity contribution in [2.45, 2.75) is 25.9 Å². The van der Waals surface area contributed by atoms with Crippen molar-refractivity contribution in [2.24, 2.45) is 0 Å². The van der Waals surface area contributed by atoms with Gasteiger partial charge in [0.2, 0.25) is 0 Å². The van der Waals surface area contributed by atoms with Crippen LogP contribution in [-0.4, -0.2) is 5.88 Å². The topological polar surface area (TPSA) is 9.23 Å². The second-order valence-corrected chi connectivity index (χ2v) is 4.87. The van der Waals surface area contributed by atoms with Crippen molar-refractivity contribution in [1.82, 2.24) is 0 Å². The molecule has 0 N–H and O–H groups in total. The summed E-state index contributed by atoms with van der Waals surface area (Å²) < 4.78 is 6.10. The molecule has 0 aliphatic heterocycles. The minimum Gasteiger partial charge on any atom is -0.486 e. The molecule has 19 heavy (non-hydrogen) atoms. The van der Waals surface area contributed by atoms with Crippen LogP contribution in [0.2, 0.25) is 0 Å². The predicted octanol–water partition coefficient (Wildman–Crippen LogP) is 5.00. The maximum absolute atomic E-state index is 6.10. The van der Waals surface area contributed by atoms with Crippen molar-refractivity contribution < 1.29 is 4.74 Å². The Morgan fingerprint density at radius 3 is 2.53 bits per heavy atom. The summed E-state index contributed by atoms with van der Waals surface area (Å²) in [7, 11) is 0. The fourth-order valence-corrected chi connectivity index (χ4v) is 2.26. The molecule has 0 heterocycles. The zero-order valence-electron chi connectivity index (χ0n) is 11.2. The highest BCUT2D eigenvalue weighted by Crippen LogP contribution is 2.25. The lowest BCUT2D eigenvalue weighted by Crippen LogP contribution is -2.08. The number of hydrogen-bond acceptors (Lipinski definition) is 1. The number of halogens is 1. The zero-order valence-corrected chi connectivity index (χ0v) is 11.9. The smallest absolute Gasteiger partial charge is 0.125 e. The van der Waals surface area contributed by atoms with Crippen molar-refractivity contribution in [1.29, 1.82) is 0 Å². The molecule has 0 saturated heterocycles. The molecule has 100 valence electrons. The minimum atomic E-state index is 0.0193. The summed E-state index contributed by atoms with van der Waals surface area (Å²) in [5.41, 5.74) is 2.46. The van der Waals surface area contributed by atoms with Crippen LogP contribution >= 0.6 is 11.6 Å². The van der Waals surface area contributed by atoms with Crippen molar-refractivity contribution in [3.05, 3.63) is 65.7 Å². The highest BCUT2D eigenvalue weighted by molar-refractivity contribution is 6.17. The van der Waals surface area contributed by atoms with Gasteiger partial charge in [-0.2, -0.15) is 0 Å². The lowest BCUT2D eigenvalue weighted by molar-refractivity contribution is 0.202. The van der Waals surface area contributed by atoms with Gasteiger partial charge in [-0.05, 0) is 29.7 Å². The number of benzene rings is 2. The fraction of sp³-hybridized carbons (Fsp3) is 0.294. The van der Waals surface area contributed by atoms with E-state index in [2.05, 4.69) is 31.2 Å². The second kappa shape index (κ2) is 7.20. The molecule has 2 heteroatoms. The Kier molecular flexibility index (Phi) is 5.29. The Morgan fingerprint density at radius 2 is 1.84 bits per heavy atom. The van der Waals surface area contributed by atoms with E-state index in [0.29, 0.717) is 5.88 Å². The third kappa shape index (κ3) is 4.00. The summed E-state index contributed by atoms with van der Waals surface area (Å²) in [5, 5.41) is 0. The van der Waals surface area contributed by atoms with Gasteiger partial charge < -0.3 is 4.74 Å². The van der Waals surface area contributed by atoms with Gasteiger partial charge in [0.25, 0.3) is 0 Å². The Hall–Kier alpha value is -1.47. The molecule has 0 aliphatic carbocycles. The van der Waals surface area contributed by atoms with Crippen LogP contribution in [0.5, 0.6) is 5.75 Å². The summed E-state index contributed by atoms with van der Waals surface area (Å²) >= 11 is 5.89. The zero-order chi connectivity index (χ0) is 13.5. The standard InChI is InChI=1S/C17H19ClO/c1-2-14-7-6-10-16(13-14)19-17(11-12-18)15-8-4-3-5-9-15/h3-10,13,17H,2,11-12H2,1H3. The molecule has 0 amide bonds. The van der Waals surface area contributed by atoms with Gasteiger partial charge >= 0.3 is 0 Å². The Labute approximate surface area is 120 Å². The number of ether oxygens (including phenoxy) is 1. The third-order valence-electron chi connectivity index (χ3n) is 3.13. The van der Waals surface area contributed by atoms with E-state index >= 15 is 0 Å². The van der Waals surface area contributed by atoms with Crippen LogP contribution in [0.3, 0.4) is 0 Å². The molecule has 0 fully saturated rings. The van der Waals surface area contributed by atoms with Crippen LogP contribution in [0.1, 0.15) is 30.6 Å². The van der Waals surface area contributed by atoms with Gasteiger partial charge in [0, 0.05) is 12.3 Å². The molecule has 2 rings (SSSR count). The summed E-state index contributed by atoms with van der Waals surface area (Å²) in [5.74, 6) is 1.51. The highest BCUT2D eigenvalue weighted by Gasteiger charge is 2.12. The maximum Gasteiger partial charge on any atom is 0.125 e. The molecule has 0 spiro atoms. The van der Waals surface area contributed by atoms with E-state index < -0.39 is 0 Å². The minimum absolute atomic E-state index is 0.0193. The summed E-state index contributed by atoms with van der Waals surface area (Å²) in [6, 6.07) is 18.5. The molecule has 1 nitrogen and oxygen atoms in total. The van der Waals surface area contributed by atoms with Gasteiger partial charge in [-0.15, -0.1) is 11.6 Å². The van der Waals surface area contributed by atoms with Crippen LogP contribution in [0.25, 0.3) is 0 Å². The lowest BCUT2D eigenvalue weighted by atomic mass is 10.1. The van der Waals surface area contributed by atoms with Crippen LogP contribution in [0.4, 0.5) is 0 Å². The molecule has 0 radical (unpaired) electrons. The average molecular weight is 275 g/mol. The molecule has 0 saturated carbocycles. The third-order valence-corrected chi connectivity index (χ3v) is 3.35. The van der Waals surface area contributed by atoms with Crippen LogP contribution in [0.15, 0.2) is 54.6 Å². The van der Waals surface area contributed by atoms with Gasteiger partial charge in [-0.1, -0.05) is 49.4 Å². The van der Waals surface area contributed by atoms with E-state index in [0.717, 1.165) is 18.6 Å². The second-order valence-electron chi connectivity index (χ2n) is 4.50. The predicted molar refractivity (Wildman–Crippen MR) is 81.0 cm³/mol. The highest BCUT2D eigenvalue weighted by atomic mass is 35.5. The van der Waals surface area contributed by atoms with E-state index in [4.69, 9.17) is 16.3 Å². The van der Waals surface area contributed by atoms with Gasteiger partial charge in [0.15, 0.2) is 0 Å². The largest absolute Gasteiger partial charge is 0.486 e. The first-order valence-corrected chi connectivity index (χ1v) is 7.23. The number of alkyl halides is 1. The van der Waals surface area contributed by atoms with Crippen molar-refractivity contribution in [2.75, 3.05) is 5.88 Å². The first-order valence-electron chi connectivity index (χ1n) is 6.70. The van der Waals surface area contributed by atoms with E-state index in [9.17, 15) is 0 Å².